The number of carbonyl (C=O) groups excluding carboxylic acids is 4. The Bertz CT molecular complexity index is 3010. The van der Waals surface area contributed by atoms with Gasteiger partial charge in [-0.2, -0.15) is 4.98 Å². The summed E-state index contributed by atoms with van der Waals surface area (Å²) in [4.78, 5) is 77.2. The molecule has 1 unspecified atom stereocenters. The van der Waals surface area contributed by atoms with Gasteiger partial charge in [-0.15, -0.1) is 0 Å². The minimum Gasteiger partial charge on any atom is -0.369 e. The highest BCUT2D eigenvalue weighted by Crippen LogP contribution is 2.44. The van der Waals surface area contributed by atoms with Crippen LogP contribution in [0, 0.1) is 18.7 Å². The van der Waals surface area contributed by atoms with Crippen molar-refractivity contribution in [3.8, 4) is 11.3 Å². The quantitative estimate of drug-likeness (QED) is 0.121. The van der Waals surface area contributed by atoms with Crippen LogP contribution in [-0.2, 0) is 31.8 Å². The molecule has 0 radical (unpaired) electrons. The highest BCUT2D eigenvalue weighted by atomic mass is 19.1. The van der Waals surface area contributed by atoms with E-state index >= 15 is 4.39 Å². The lowest BCUT2D eigenvalue weighted by Gasteiger charge is -2.39. The van der Waals surface area contributed by atoms with E-state index in [4.69, 9.17) is 4.52 Å². The van der Waals surface area contributed by atoms with E-state index in [1.54, 1.807) is 24.8 Å². The number of fused-ring (bicyclic) bond motifs is 4. The lowest BCUT2D eigenvalue weighted by atomic mass is 9.85. The molecule has 0 saturated carbocycles. The molecular formula is C52H60FN11O5. The fraction of sp³-hybridized carbons (Fsp3) is 0.462. The summed E-state index contributed by atoms with van der Waals surface area (Å²) in [5.74, 6) is -0.802. The van der Waals surface area contributed by atoms with E-state index in [1.165, 1.54) is 6.33 Å². The highest BCUT2D eigenvalue weighted by molar-refractivity contribution is 6.14. The lowest BCUT2D eigenvalue weighted by molar-refractivity contribution is -0.136. The normalized spacial score (nSPS) is 19.9. The molecule has 4 aliphatic heterocycles. The monoisotopic (exact) mass is 937 g/mol. The molecule has 6 aromatic rings. The maximum Gasteiger partial charge on any atom is 0.293 e. The topological polar surface area (TPSA) is 186 Å². The molecule has 69 heavy (non-hydrogen) atoms. The highest BCUT2D eigenvalue weighted by Gasteiger charge is 2.49. The standard InChI is InChI=1S/C52H60FN11O5/c1-29-34(30(2)56-48(67)46-59-49(69-60-46)51(3,4)5)11-12-36(43(29)53)44-42-35-10-9-33(25-38(35)57-45(42)55-28-54-44)63-22-20-62(21-23-63)26-31-16-18-61(19-17-31)27-32-8-13-39-37(24-32)52(6,7)50(68)64(39)40-14-15-41(65)58-47(40)66/h8-13,24-25,28,30-31,40H,14-23,26-27H2,1-7H3,(H,56,67)(H,54,55,57)(H,58,65,66)/t30-,40?/m1/s1. The first kappa shape index (κ1) is 46.2. The number of aromatic amines is 1. The third-order valence-electron chi connectivity index (χ3n) is 14.8. The van der Waals surface area contributed by atoms with E-state index in [9.17, 15) is 19.2 Å². The summed E-state index contributed by atoms with van der Waals surface area (Å²) in [6.07, 6.45) is 4.28. The number of H-pyrrole nitrogens is 1. The van der Waals surface area contributed by atoms with Crippen LogP contribution >= 0.6 is 0 Å². The van der Waals surface area contributed by atoms with Crippen molar-refractivity contribution in [2.24, 2.45) is 5.92 Å². The molecule has 0 bridgehead atoms. The number of carbonyl (C=O) groups is 4. The number of hydrogen-bond acceptors (Lipinski definition) is 12. The summed E-state index contributed by atoms with van der Waals surface area (Å²) in [5.41, 5.74) is 6.24. The second-order valence-corrected chi connectivity index (χ2v) is 20.9. The Morgan fingerprint density at radius 3 is 2.45 bits per heavy atom. The fourth-order valence-corrected chi connectivity index (χ4v) is 10.7. The van der Waals surface area contributed by atoms with Crippen LogP contribution in [0.5, 0.6) is 0 Å². The van der Waals surface area contributed by atoms with Gasteiger partial charge in [0.05, 0.1) is 22.5 Å². The Balaban J connectivity index is 0.742. The number of piperazine rings is 1. The van der Waals surface area contributed by atoms with Crippen molar-refractivity contribution < 1.29 is 28.1 Å². The zero-order valence-corrected chi connectivity index (χ0v) is 40.4. The van der Waals surface area contributed by atoms with Crippen LogP contribution in [0.25, 0.3) is 33.2 Å². The van der Waals surface area contributed by atoms with Gasteiger partial charge in [-0.1, -0.05) is 50.2 Å². The first-order chi connectivity index (χ1) is 32.9. The Morgan fingerprint density at radius 2 is 1.72 bits per heavy atom. The molecule has 3 N–H and O–H groups in total. The number of amides is 4. The van der Waals surface area contributed by atoms with Crippen molar-refractivity contribution in [3.05, 3.63) is 94.6 Å². The van der Waals surface area contributed by atoms with Gasteiger partial charge < -0.3 is 19.7 Å². The number of rotatable bonds is 10. The van der Waals surface area contributed by atoms with Crippen molar-refractivity contribution in [1.29, 1.82) is 0 Å². The molecule has 7 heterocycles. The number of aromatic nitrogens is 5. The number of nitrogens with one attached hydrogen (secondary N) is 3. The van der Waals surface area contributed by atoms with E-state index < -0.39 is 40.5 Å². The maximum absolute atomic E-state index is 16.4. The molecular weight excluding hydrogens is 878 g/mol. The zero-order chi connectivity index (χ0) is 48.5. The minimum absolute atomic E-state index is 0.0702. The predicted octanol–water partition coefficient (Wildman–Crippen LogP) is 6.86. The Hall–Kier alpha value is -6.59. The molecule has 3 fully saturated rings. The smallest absolute Gasteiger partial charge is 0.293 e. The average Bonchev–Trinajstić information content (AvgIpc) is 4.02. The van der Waals surface area contributed by atoms with Gasteiger partial charge in [0.2, 0.25) is 23.6 Å². The summed E-state index contributed by atoms with van der Waals surface area (Å²) in [6, 6.07) is 14.9. The van der Waals surface area contributed by atoms with Crippen LogP contribution in [0.4, 0.5) is 15.8 Å². The van der Waals surface area contributed by atoms with Gasteiger partial charge in [-0.3, -0.25) is 39.2 Å². The van der Waals surface area contributed by atoms with Crippen molar-refractivity contribution in [2.45, 2.75) is 104 Å². The van der Waals surface area contributed by atoms with Gasteiger partial charge in [0.25, 0.3) is 11.7 Å². The Labute approximate surface area is 400 Å². The van der Waals surface area contributed by atoms with E-state index in [0.717, 1.165) is 104 Å². The number of hydrogen-bond donors (Lipinski definition) is 3. The number of nitrogens with zero attached hydrogens (tertiary/aromatic N) is 8. The molecule has 4 amide bonds. The summed E-state index contributed by atoms with van der Waals surface area (Å²) < 4.78 is 21.7. The van der Waals surface area contributed by atoms with Crippen LogP contribution in [-0.4, -0.2) is 110 Å². The van der Waals surface area contributed by atoms with Crippen molar-refractivity contribution in [1.82, 2.24) is 45.5 Å². The molecule has 10 rings (SSSR count). The number of anilines is 2. The van der Waals surface area contributed by atoms with Crippen molar-refractivity contribution >= 4 is 56.9 Å². The minimum atomic E-state index is -0.760. The number of halogens is 1. The first-order valence-electron chi connectivity index (χ1n) is 24.2. The van der Waals surface area contributed by atoms with Gasteiger partial charge in [-0.05, 0) is 112 Å². The van der Waals surface area contributed by atoms with Crippen LogP contribution in [0.2, 0.25) is 0 Å². The number of likely N-dealkylation sites (tertiary alicyclic amines) is 1. The summed E-state index contributed by atoms with van der Waals surface area (Å²) in [6.45, 7) is 20.8. The van der Waals surface area contributed by atoms with Crippen LogP contribution in [0.15, 0.2) is 59.4 Å². The van der Waals surface area contributed by atoms with Gasteiger partial charge in [0.15, 0.2) is 0 Å². The molecule has 4 aliphatic rings. The van der Waals surface area contributed by atoms with Crippen LogP contribution in [0.1, 0.15) is 112 Å². The molecule has 17 heteroatoms. The third-order valence-corrected chi connectivity index (χ3v) is 14.8. The van der Waals surface area contributed by atoms with E-state index in [1.807, 2.05) is 46.8 Å². The summed E-state index contributed by atoms with van der Waals surface area (Å²) >= 11 is 0. The Kier molecular flexibility index (Phi) is 11.9. The van der Waals surface area contributed by atoms with Crippen molar-refractivity contribution in [2.75, 3.05) is 55.6 Å². The first-order valence-corrected chi connectivity index (χ1v) is 24.2. The molecule has 3 saturated heterocycles. The van der Waals surface area contributed by atoms with Gasteiger partial charge in [0.1, 0.15) is 23.8 Å². The molecule has 360 valence electrons. The zero-order valence-electron chi connectivity index (χ0n) is 40.4. The van der Waals surface area contributed by atoms with E-state index in [0.29, 0.717) is 46.3 Å². The second-order valence-electron chi connectivity index (χ2n) is 20.9. The van der Waals surface area contributed by atoms with Crippen LogP contribution < -0.4 is 20.4 Å². The molecule has 3 aromatic heterocycles. The molecule has 0 spiro atoms. The third kappa shape index (κ3) is 8.64. The molecule has 0 aliphatic carbocycles. The molecule has 3 aromatic carbocycles. The molecule has 16 nitrogen and oxygen atoms in total. The summed E-state index contributed by atoms with van der Waals surface area (Å²) in [5, 5.41) is 10.8. The second kappa shape index (κ2) is 17.7. The van der Waals surface area contributed by atoms with Gasteiger partial charge in [0, 0.05) is 78.9 Å². The largest absolute Gasteiger partial charge is 0.369 e. The van der Waals surface area contributed by atoms with E-state index in [-0.39, 0.29) is 24.1 Å². The predicted molar refractivity (Wildman–Crippen MR) is 260 cm³/mol. The van der Waals surface area contributed by atoms with Crippen LogP contribution in [0.3, 0.4) is 0 Å². The number of benzene rings is 3. The number of imide groups is 1. The average molecular weight is 938 g/mol. The lowest BCUT2D eigenvalue weighted by Crippen LogP contribution is -2.55. The van der Waals surface area contributed by atoms with Gasteiger partial charge >= 0.3 is 0 Å². The van der Waals surface area contributed by atoms with E-state index in [2.05, 4.69) is 80.8 Å². The SMILES string of the molecule is Cc1c([C@@H](C)NC(=O)c2noc(C(C)(C)C)n2)ccc(-c2ncnc3[nH]c4cc(N5CCN(CC6CCN(Cc7ccc8c(c7)C(C)(C)C(=O)N8C7CCC(=O)NC7=O)CC6)CC5)ccc4c23)c1F. The van der Waals surface area contributed by atoms with Gasteiger partial charge in [-0.25, -0.2) is 14.4 Å². The Morgan fingerprint density at radius 1 is 0.957 bits per heavy atom. The van der Waals surface area contributed by atoms with Crippen molar-refractivity contribution in [3.63, 3.8) is 0 Å². The summed E-state index contributed by atoms with van der Waals surface area (Å²) in [7, 11) is 0. The number of piperidine rings is 2. The fourth-order valence-electron chi connectivity index (χ4n) is 10.7. The molecule has 2 atom stereocenters. The maximum atomic E-state index is 16.4.